The van der Waals surface area contributed by atoms with Crippen molar-refractivity contribution in [3.63, 3.8) is 0 Å². The van der Waals surface area contributed by atoms with Crippen molar-refractivity contribution in [2.45, 2.75) is 26.3 Å². The predicted molar refractivity (Wildman–Crippen MR) is 89.3 cm³/mol. The fourth-order valence-corrected chi connectivity index (χ4v) is 2.69. The molecule has 0 amide bonds. The summed E-state index contributed by atoms with van der Waals surface area (Å²) in [7, 11) is 1.97. The zero-order chi connectivity index (χ0) is 15.2. The number of likely N-dealkylation sites (N-methyl/N-ethyl adjacent to an activating group) is 1. The smallest absolute Gasteiger partial charge is 0.124 e. The van der Waals surface area contributed by atoms with Crippen molar-refractivity contribution in [3.8, 4) is 5.75 Å². The van der Waals surface area contributed by atoms with E-state index in [-0.39, 0.29) is 6.04 Å². The Morgan fingerprint density at radius 1 is 1.19 bits per heavy atom. The van der Waals surface area contributed by atoms with Crippen LogP contribution < -0.4 is 10.1 Å². The summed E-state index contributed by atoms with van der Waals surface area (Å²) in [6.45, 7) is 4.77. The lowest BCUT2D eigenvalue weighted by Crippen LogP contribution is -2.20. The number of ether oxygens (including phenoxy) is 1. The van der Waals surface area contributed by atoms with Gasteiger partial charge in [0.05, 0.1) is 6.61 Å². The van der Waals surface area contributed by atoms with Gasteiger partial charge in [-0.1, -0.05) is 47.5 Å². The third kappa shape index (κ3) is 3.99. The summed E-state index contributed by atoms with van der Waals surface area (Å²) < 4.78 is 5.77. The molecule has 1 N–H and O–H groups in total. The van der Waals surface area contributed by atoms with Gasteiger partial charge in [-0.25, -0.2) is 0 Å². The molecule has 0 bridgehead atoms. The van der Waals surface area contributed by atoms with E-state index in [2.05, 4.69) is 30.4 Å². The summed E-state index contributed by atoms with van der Waals surface area (Å²) >= 11 is 6.29. The van der Waals surface area contributed by atoms with Gasteiger partial charge in [0.25, 0.3) is 0 Å². The second-order valence-corrected chi connectivity index (χ2v) is 5.52. The normalized spacial score (nSPS) is 12.2. The first-order valence-corrected chi connectivity index (χ1v) is 7.67. The summed E-state index contributed by atoms with van der Waals surface area (Å²) in [6, 6.07) is 14.5. The molecule has 3 heteroatoms. The van der Waals surface area contributed by atoms with Crippen LogP contribution in [0.15, 0.2) is 42.5 Å². The Hall–Kier alpha value is -1.51. The lowest BCUT2D eigenvalue weighted by molar-refractivity contribution is 0.332. The second-order valence-electron chi connectivity index (χ2n) is 5.11. The molecule has 2 nitrogen and oxygen atoms in total. The highest BCUT2D eigenvalue weighted by molar-refractivity contribution is 6.31. The summed E-state index contributed by atoms with van der Waals surface area (Å²) in [5, 5.41) is 4.19. The van der Waals surface area contributed by atoms with E-state index < -0.39 is 0 Å². The maximum absolute atomic E-state index is 6.29. The van der Waals surface area contributed by atoms with Crippen LogP contribution in [0.5, 0.6) is 5.75 Å². The Bertz CT molecular complexity index is 598. The van der Waals surface area contributed by atoms with Gasteiger partial charge in [-0.2, -0.15) is 0 Å². The lowest BCUT2D eigenvalue weighted by Gasteiger charge is -2.21. The zero-order valence-electron chi connectivity index (χ0n) is 12.8. The Kier molecular flexibility index (Phi) is 5.66. The Morgan fingerprint density at radius 3 is 2.62 bits per heavy atom. The second kappa shape index (κ2) is 7.48. The SMILES string of the molecule is CCOc1ccc(C)cc1C(Cc1ccccc1Cl)NC. The monoisotopic (exact) mass is 303 g/mol. The largest absolute Gasteiger partial charge is 0.494 e. The first kappa shape index (κ1) is 15.9. The highest BCUT2D eigenvalue weighted by atomic mass is 35.5. The maximum atomic E-state index is 6.29. The number of hydrogen-bond acceptors (Lipinski definition) is 2. The summed E-state index contributed by atoms with van der Waals surface area (Å²) in [5.41, 5.74) is 3.55. The van der Waals surface area contributed by atoms with E-state index in [0.717, 1.165) is 22.8 Å². The Balaban J connectivity index is 2.33. The number of nitrogens with one attached hydrogen (secondary N) is 1. The lowest BCUT2D eigenvalue weighted by atomic mass is 9.96. The predicted octanol–water partition coefficient (Wildman–Crippen LogP) is 4.55. The third-order valence-electron chi connectivity index (χ3n) is 3.57. The van der Waals surface area contributed by atoms with E-state index in [0.29, 0.717) is 6.61 Å². The fourth-order valence-electron chi connectivity index (χ4n) is 2.48. The fraction of sp³-hybridized carbons (Fsp3) is 0.333. The molecule has 0 heterocycles. The summed E-state index contributed by atoms with van der Waals surface area (Å²) in [6.07, 6.45) is 0.833. The van der Waals surface area contributed by atoms with Gasteiger partial charge in [-0.15, -0.1) is 0 Å². The zero-order valence-corrected chi connectivity index (χ0v) is 13.6. The Morgan fingerprint density at radius 2 is 1.95 bits per heavy atom. The summed E-state index contributed by atoms with van der Waals surface area (Å²) in [5.74, 6) is 0.939. The van der Waals surface area contributed by atoms with Crippen LogP contribution in [0.4, 0.5) is 0 Å². The molecule has 0 saturated heterocycles. The number of aryl methyl sites for hydroxylation is 1. The van der Waals surface area contributed by atoms with Crippen LogP contribution in [0.2, 0.25) is 5.02 Å². The molecule has 0 fully saturated rings. The first-order chi connectivity index (χ1) is 10.2. The molecular weight excluding hydrogens is 282 g/mol. The standard InChI is InChI=1S/C18H22ClNO/c1-4-21-18-10-9-13(2)11-15(18)17(20-3)12-14-7-5-6-8-16(14)19/h5-11,17,20H,4,12H2,1-3H3. The number of hydrogen-bond donors (Lipinski definition) is 1. The molecule has 0 aliphatic heterocycles. The first-order valence-electron chi connectivity index (χ1n) is 7.29. The van der Waals surface area contributed by atoms with E-state index in [9.17, 15) is 0 Å². The van der Waals surface area contributed by atoms with Crippen LogP contribution in [0.25, 0.3) is 0 Å². The third-order valence-corrected chi connectivity index (χ3v) is 3.94. The number of halogens is 1. The minimum atomic E-state index is 0.173. The molecule has 2 aromatic rings. The average Bonchev–Trinajstić information content (AvgIpc) is 2.49. The molecule has 2 aromatic carbocycles. The van der Waals surface area contributed by atoms with Gasteiger partial charge < -0.3 is 10.1 Å². The van der Waals surface area contributed by atoms with Crippen molar-refractivity contribution in [1.29, 1.82) is 0 Å². The minimum Gasteiger partial charge on any atom is -0.494 e. The van der Waals surface area contributed by atoms with Crippen LogP contribution >= 0.6 is 11.6 Å². The molecule has 0 saturated carbocycles. The molecule has 112 valence electrons. The van der Waals surface area contributed by atoms with Crippen molar-refractivity contribution in [2.75, 3.05) is 13.7 Å². The van der Waals surface area contributed by atoms with Gasteiger partial charge in [0.1, 0.15) is 5.75 Å². The quantitative estimate of drug-likeness (QED) is 0.845. The van der Waals surface area contributed by atoms with E-state index in [4.69, 9.17) is 16.3 Å². The van der Waals surface area contributed by atoms with Crippen molar-refractivity contribution in [2.24, 2.45) is 0 Å². The molecule has 2 rings (SSSR count). The molecular formula is C18H22ClNO. The van der Waals surface area contributed by atoms with E-state index in [1.807, 2.05) is 38.2 Å². The van der Waals surface area contributed by atoms with E-state index >= 15 is 0 Å². The van der Waals surface area contributed by atoms with Gasteiger partial charge in [0.15, 0.2) is 0 Å². The van der Waals surface area contributed by atoms with Crippen LogP contribution in [0, 0.1) is 6.92 Å². The molecule has 1 atom stereocenters. The number of benzene rings is 2. The van der Waals surface area contributed by atoms with Crippen LogP contribution in [-0.4, -0.2) is 13.7 Å². The molecule has 21 heavy (non-hydrogen) atoms. The van der Waals surface area contributed by atoms with Crippen LogP contribution in [-0.2, 0) is 6.42 Å². The van der Waals surface area contributed by atoms with Crippen molar-refractivity contribution >= 4 is 11.6 Å². The van der Waals surface area contributed by atoms with Crippen LogP contribution in [0.1, 0.15) is 29.7 Å². The Labute approximate surface area is 132 Å². The average molecular weight is 304 g/mol. The van der Waals surface area contributed by atoms with Crippen LogP contribution in [0.3, 0.4) is 0 Å². The van der Waals surface area contributed by atoms with Crippen molar-refractivity contribution in [3.05, 3.63) is 64.2 Å². The molecule has 0 aliphatic rings. The van der Waals surface area contributed by atoms with Crippen molar-refractivity contribution in [1.82, 2.24) is 5.32 Å². The van der Waals surface area contributed by atoms with Gasteiger partial charge in [0.2, 0.25) is 0 Å². The maximum Gasteiger partial charge on any atom is 0.124 e. The molecule has 1 unspecified atom stereocenters. The topological polar surface area (TPSA) is 21.3 Å². The van der Waals surface area contributed by atoms with E-state index in [1.54, 1.807) is 0 Å². The van der Waals surface area contributed by atoms with Gasteiger partial charge in [-0.05, 0) is 45.0 Å². The molecule has 0 aromatic heterocycles. The molecule has 0 aliphatic carbocycles. The highest BCUT2D eigenvalue weighted by Crippen LogP contribution is 2.30. The molecule has 0 radical (unpaired) electrons. The van der Waals surface area contributed by atoms with Gasteiger partial charge >= 0.3 is 0 Å². The minimum absolute atomic E-state index is 0.173. The van der Waals surface area contributed by atoms with Crippen molar-refractivity contribution < 1.29 is 4.74 Å². The highest BCUT2D eigenvalue weighted by Gasteiger charge is 2.16. The van der Waals surface area contributed by atoms with Gasteiger partial charge in [0, 0.05) is 16.6 Å². The molecule has 0 spiro atoms. The van der Waals surface area contributed by atoms with Gasteiger partial charge in [-0.3, -0.25) is 0 Å². The summed E-state index contributed by atoms with van der Waals surface area (Å²) in [4.78, 5) is 0. The number of rotatable bonds is 6. The van der Waals surface area contributed by atoms with E-state index in [1.165, 1.54) is 11.1 Å².